The summed E-state index contributed by atoms with van der Waals surface area (Å²) >= 11 is 0. The van der Waals surface area contributed by atoms with Crippen molar-refractivity contribution >= 4 is 28.6 Å². The third-order valence-electron chi connectivity index (χ3n) is 9.02. The molecule has 3 heterocycles. The van der Waals surface area contributed by atoms with E-state index in [4.69, 9.17) is 9.47 Å². The van der Waals surface area contributed by atoms with Gasteiger partial charge in [0.1, 0.15) is 0 Å². The fourth-order valence-electron chi connectivity index (χ4n) is 6.77. The van der Waals surface area contributed by atoms with Crippen molar-refractivity contribution in [2.24, 2.45) is 11.8 Å². The maximum Gasteiger partial charge on any atom is 0.228 e. The molecule has 0 spiro atoms. The Labute approximate surface area is 241 Å². The third-order valence-corrected chi connectivity index (χ3v) is 9.02. The molecular formula is C32H40N4O5. The second-order valence-corrected chi connectivity index (χ2v) is 11.1. The average molecular weight is 561 g/mol. The Kier molecular flexibility index (Phi) is 7.98. The van der Waals surface area contributed by atoms with Crippen molar-refractivity contribution < 1.29 is 23.9 Å². The van der Waals surface area contributed by atoms with Gasteiger partial charge >= 0.3 is 0 Å². The van der Waals surface area contributed by atoms with Crippen molar-refractivity contribution in [2.75, 3.05) is 33.9 Å². The molecule has 9 nitrogen and oxygen atoms in total. The molecule has 41 heavy (non-hydrogen) atoms. The van der Waals surface area contributed by atoms with Crippen molar-refractivity contribution in [3.05, 3.63) is 59.3 Å². The number of ether oxygens (including phenoxy) is 2. The number of piperidine rings is 1. The van der Waals surface area contributed by atoms with E-state index in [9.17, 15) is 14.4 Å². The summed E-state index contributed by atoms with van der Waals surface area (Å²) in [5, 5.41) is 4.09. The molecule has 9 heteroatoms. The van der Waals surface area contributed by atoms with Crippen LogP contribution in [-0.2, 0) is 32.9 Å². The van der Waals surface area contributed by atoms with Crippen molar-refractivity contribution in [1.82, 2.24) is 20.1 Å². The first-order chi connectivity index (χ1) is 19.8. The minimum Gasteiger partial charge on any atom is -0.493 e. The molecule has 218 valence electrons. The second kappa shape index (κ2) is 11.5. The lowest BCUT2D eigenvalue weighted by Crippen LogP contribution is -2.64. The number of para-hydroxylation sites is 1. The molecule has 2 aliphatic heterocycles. The summed E-state index contributed by atoms with van der Waals surface area (Å²) in [6, 6.07) is 13.6. The minimum atomic E-state index is -0.823. The number of hydrogen-bond acceptors (Lipinski definition) is 5. The predicted octanol–water partition coefficient (Wildman–Crippen LogP) is 4.00. The van der Waals surface area contributed by atoms with Gasteiger partial charge in [0.15, 0.2) is 11.5 Å². The highest BCUT2D eigenvalue weighted by molar-refractivity contribution is 5.93. The largest absolute Gasteiger partial charge is 0.493 e. The first kappa shape index (κ1) is 28.5. The summed E-state index contributed by atoms with van der Waals surface area (Å²) in [6.07, 6.45) is 1.05. The van der Waals surface area contributed by atoms with Crippen LogP contribution >= 0.6 is 0 Å². The van der Waals surface area contributed by atoms with Gasteiger partial charge in [0.05, 0.1) is 25.7 Å². The molecule has 1 unspecified atom stereocenters. The van der Waals surface area contributed by atoms with E-state index in [-0.39, 0.29) is 24.1 Å². The molecule has 5 rings (SSSR count). The predicted molar refractivity (Wildman–Crippen MR) is 157 cm³/mol. The summed E-state index contributed by atoms with van der Waals surface area (Å²) in [5.74, 6) is -0.125. The Morgan fingerprint density at radius 3 is 2.54 bits per heavy atom. The summed E-state index contributed by atoms with van der Waals surface area (Å²) < 4.78 is 10.7. The standard InChI is InChI=1S/C32H40N4O5/c1-6-35(7-2)31(39)24-17-21(18-28(37)33-19-20-12-13-26(40-4)27(16-20)41-5)30(38)36-15-14-23-22-10-8-9-11-25(22)34-29(23)32(24,36)3/h8-13,16,21,24,34H,6-7,14-15,17-19H2,1-5H3,(H,33,37)/t21?,24-,32+/m1/s1. The number of nitrogens with one attached hydrogen (secondary N) is 2. The van der Waals surface area contributed by atoms with Crippen LogP contribution in [-0.4, -0.2) is 66.4 Å². The maximum atomic E-state index is 14.1. The number of fused-ring (bicyclic) bond motifs is 5. The van der Waals surface area contributed by atoms with Crippen molar-refractivity contribution in [3.63, 3.8) is 0 Å². The molecule has 1 fully saturated rings. The van der Waals surface area contributed by atoms with Crippen LogP contribution < -0.4 is 14.8 Å². The van der Waals surface area contributed by atoms with E-state index < -0.39 is 17.4 Å². The fraction of sp³-hybridized carbons (Fsp3) is 0.469. The van der Waals surface area contributed by atoms with Gasteiger partial charge in [-0.1, -0.05) is 24.3 Å². The highest BCUT2D eigenvalue weighted by Gasteiger charge is 2.57. The molecule has 0 aliphatic carbocycles. The van der Waals surface area contributed by atoms with Gasteiger partial charge in [0.25, 0.3) is 0 Å². The SMILES string of the molecule is CCN(CC)C(=O)[C@H]1CC(CC(=O)NCc2ccc(OC)c(OC)c2)C(=O)N2CCc3c([nH]c4ccccc34)[C@]12C. The normalized spacial score (nSPS) is 21.7. The number of carbonyl (C=O) groups is 3. The van der Waals surface area contributed by atoms with Gasteiger partial charge in [-0.15, -0.1) is 0 Å². The van der Waals surface area contributed by atoms with Crippen LogP contribution in [0.2, 0.25) is 0 Å². The number of rotatable bonds is 9. The van der Waals surface area contributed by atoms with Crippen molar-refractivity contribution in [1.29, 1.82) is 0 Å². The third kappa shape index (κ3) is 4.91. The topological polar surface area (TPSA) is 104 Å². The van der Waals surface area contributed by atoms with Gasteiger partial charge in [0, 0.05) is 55.1 Å². The van der Waals surface area contributed by atoms with E-state index in [1.165, 1.54) is 5.56 Å². The number of aromatic amines is 1. The van der Waals surface area contributed by atoms with Crippen LogP contribution in [0.1, 0.15) is 50.4 Å². The zero-order chi connectivity index (χ0) is 29.3. The van der Waals surface area contributed by atoms with Gasteiger partial charge in [-0.2, -0.15) is 0 Å². The van der Waals surface area contributed by atoms with Crippen LogP contribution in [0.4, 0.5) is 0 Å². The van der Waals surface area contributed by atoms with Gasteiger partial charge in [0.2, 0.25) is 17.7 Å². The van der Waals surface area contributed by atoms with Gasteiger partial charge in [-0.05, 0) is 62.9 Å². The maximum absolute atomic E-state index is 14.1. The Balaban J connectivity index is 1.41. The number of hydrogen-bond donors (Lipinski definition) is 2. The van der Waals surface area contributed by atoms with Crippen LogP contribution in [0.5, 0.6) is 11.5 Å². The smallest absolute Gasteiger partial charge is 0.228 e. The lowest BCUT2D eigenvalue weighted by atomic mass is 9.67. The van der Waals surface area contributed by atoms with E-state index in [1.54, 1.807) is 20.3 Å². The molecule has 3 atom stereocenters. The van der Waals surface area contributed by atoms with E-state index in [2.05, 4.69) is 16.4 Å². The average Bonchev–Trinajstić information content (AvgIpc) is 3.38. The number of amides is 3. The first-order valence-corrected chi connectivity index (χ1v) is 14.4. The Morgan fingerprint density at radius 1 is 1.10 bits per heavy atom. The number of benzene rings is 2. The van der Waals surface area contributed by atoms with Crippen LogP contribution in [0, 0.1) is 11.8 Å². The molecule has 0 saturated carbocycles. The zero-order valence-corrected chi connectivity index (χ0v) is 24.6. The van der Waals surface area contributed by atoms with Crippen LogP contribution in [0.3, 0.4) is 0 Å². The van der Waals surface area contributed by atoms with Gasteiger partial charge in [-0.3, -0.25) is 14.4 Å². The second-order valence-electron chi connectivity index (χ2n) is 11.1. The van der Waals surface area contributed by atoms with E-state index >= 15 is 0 Å². The first-order valence-electron chi connectivity index (χ1n) is 14.4. The molecule has 0 radical (unpaired) electrons. The highest BCUT2D eigenvalue weighted by Crippen LogP contribution is 2.50. The Bertz CT molecular complexity index is 1460. The van der Waals surface area contributed by atoms with Gasteiger partial charge in [-0.25, -0.2) is 0 Å². The molecule has 3 amide bonds. The van der Waals surface area contributed by atoms with E-state index in [0.717, 1.165) is 22.2 Å². The molecule has 2 N–H and O–H groups in total. The van der Waals surface area contributed by atoms with E-state index in [0.29, 0.717) is 50.5 Å². The summed E-state index contributed by atoms with van der Waals surface area (Å²) in [6.45, 7) is 7.96. The molecule has 0 bridgehead atoms. The van der Waals surface area contributed by atoms with Crippen molar-refractivity contribution in [3.8, 4) is 11.5 Å². The van der Waals surface area contributed by atoms with Gasteiger partial charge < -0.3 is 29.6 Å². The lowest BCUT2D eigenvalue weighted by Gasteiger charge is -2.54. The molecule has 1 aromatic heterocycles. The molecule has 3 aromatic rings. The molecule has 1 saturated heterocycles. The summed E-state index contributed by atoms with van der Waals surface area (Å²) in [5.41, 5.74) is 3.17. The number of aromatic nitrogens is 1. The van der Waals surface area contributed by atoms with Crippen LogP contribution in [0.15, 0.2) is 42.5 Å². The number of H-pyrrole nitrogens is 1. The number of nitrogens with zero attached hydrogens (tertiary/aromatic N) is 2. The number of carbonyl (C=O) groups excluding carboxylic acids is 3. The van der Waals surface area contributed by atoms with E-state index in [1.807, 2.05) is 60.9 Å². The van der Waals surface area contributed by atoms with Crippen LogP contribution in [0.25, 0.3) is 10.9 Å². The van der Waals surface area contributed by atoms with Crippen molar-refractivity contribution in [2.45, 2.75) is 52.1 Å². The monoisotopic (exact) mass is 560 g/mol. The Hall–Kier alpha value is -4.01. The lowest BCUT2D eigenvalue weighted by molar-refractivity contribution is -0.164. The summed E-state index contributed by atoms with van der Waals surface area (Å²) in [4.78, 5) is 48.5. The molecule has 2 aromatic carbocycles. The zero-order valence-electron chi connectivity index (χ0n) is 24.6. The molecule has 2 aliphatic rings. The highest BCUT2D eigenvalue weighted by atomic mass is 16.5. The number of methoxy groups -OCH3 is 2. The quantitative estimate of drug-likeness (QED) is 0.412. The molecular weight excluding hydrogens is 520 g/mol. The fourth-order valence-corrected chi connectivity index (χ4v) is 6.77. The minimum absolute atomic E-state index is 0.0252. The summed E-state index contributed by atoms with van der Waals surface area (Å²) in [7, 11) is 3.14. The Morgan fingerprint density at radius 2 is 1.83 bits per heavy atom.